The minimum atomic E-state index is -0.705. The van der Waals surface area contributed by atoms with E-state index in [4.69, 9.17) is 19.7 Å². The number of aliphatic carboxylic acids is 1. The highest BCUT2D eigenvalue weighted by Gasteiger charge is 2.28. The van der Waals surface area contributed by atoms with Crippen molar-refractivity contribution in [3.8, 4) is 22.9 Å². The van der Waals surface area contributed by atoms with Crippen LogP contribution in [0.15, 0.2) is 42.7 Å². The number of pyridine rings is 1. The molecular weight excluding hydrogens is 588 g/mol. The molecule has 47 heavy (non-hydrogen) atoms. The van der Waals surface area contributed by atoms with E-state index >= 15 is 0 Å². The van der Waals surface area contributed by atoms with Crippen LogP contribution in [0.5, 0.6) is 11.6 Å². The summed E-state index contributed by atoms with van der Waals surface area (Å²) in [7, 11) is 0. The third-order valence-corrected chi connectivity index (χ3v) is 9.59. The number of hydrogen-bond donors (Lipinski definition) is 2. The molecule has 3 aromatic rings. The van der Waals surface area contributed by atoms with Crippen LogP contribution in [0.3, 0.4) is 0 Å². The molecule has 2 aliphatic heterocycles. The van der Waals surface area contributed by atoms with Gasteiger partial charge in [-0.2, -0.15) is 0 Å². The Morgan fingerprint density at radius 3 is 2.43 bits per heavy atom. The first kappa shape index (κ1) is 34.8. The van der Waals surface area contributed by atoms with Crippen LogP contribution in [-0.4, -0.2) is 69.7 Å². The minimum absolute atomic E-state index is 0.253. The lowest BCUT2D eigenvalue weighted by atomic mass is 9.80. The van der Waals surface area contributed by atoms with Crippen LogP contribution in [0.4, 0.5) is 5.95 Å². The molecule has 0 amide bonds. The van der Waals surface area contributed by atoms with Gasteiger partial charge in [0.05, 0.1) is 18.1 Å². The van der Waals surface area contributed by atoms with Gasteiger partial charge in [0.15, 0.2) is 5.75 Å². The first-order valence-electron chi connectivity index (χ1n) is 17.6. The van der Waals surface area contributed by atoms with E-state index in [-0.39, 0.29) is 12.3 Å². The maximum Gasteiger partial charge on any atom is 0.303 e. The van der Waals surface area contributed by atoms with Crippen molar-refractivity contribution in [2.24, 2.45) is 11.3 Å². The van der Waals surface area contributed by atoms with Crippen LogP contribution in [0.2, 0.25) is 0 Å². The molecule has 1 unspecified atom stereocenters. The lowest BCUT2D eigenvalue weighted by Gasteiger charge is -2.38. The molecule has 1 atom stereocenters. The summed E-state index contributed by atoms with van der Waals surface area (Å²) in [5.41, 5.74) is 5.73. The number of hydrogen-bond acceptors (Lipinski definition) is 8. The number of nitrogens with one attached hydrogen (secondary N) is 1. The number of carboxylic acids is 1. The summed E-state index contributed by atoms with van der Waals surface area (Å²) in [6.45, 7) is 16.5. The number of aryl methyl sites for hydroxylation is 2. The Labute approximate surface area is 281 Å². The Morgan fingerprint density at radius 1 is 1.02 bits per heavy atom. The summed E-state index contributed by atoms with van der Waals surface area (Å²) >= 11 is 0. The molecule has 2 N–H and O–H groups in total. The summed E-state index contributed by atoms with van der Waals surface area (Å²) in [6.07, 6.45) is 11.8. The van der Waals surface area contributed by atoms with Crippen LogP contribution >= 0.6 is 0 Å². The van der Waals surface area contributed by atoms with Crippen molar-refractivity contribution in [2.75, 3.05) is 37.6 Å². The molecule has 4 heterocycles. The summed E-state index contributed by atoms with van der Waals surface area (Å²) in [6, 6.07) is 11.1. The Balaban J connectivity index is 1.28. The van der Waals surface area contributed by atoms with E-state index in [1.54, 1.807) is 12.4 Å². The van der Waals surface area contributed by atoms with E-state index < -0.39 is 5.97 Å². The van der Waals surface area contributed by atoms with Gasteiger partial charge in [0.25, 0.3) is 0 Å². The van der Waals surface area contributed by atoms with E-state index in [9.17, 15) is 9.90 Å². The number of anilines is 1. The molecule has 0 saturated carbocycles. The fraction of sp³-hybridized carbons (Fsp3) is 0.579. The van der Waals surface area contributed by atoms with Gasteiger partial charge < -0.3 is 20.1 Å². The van der Waals surface area contributed by atoms with E-state index in [1.807, 2.05) is 6.07 Å². The number of carbonyl (C=O) groups is 1. The zero-order valence-electron chi connectivity index (χ0n) is 29.1. The summed E-state index contributed by atoms with van der Waals surface area (Å²) in [4.78, 5) is 30.2. The summed E-state index contributed by atoms with van der Waals surface area (Å²) in [5.74, 6) is 1.35. The number of piperazine rings is 1. The Kier molecular flexibility index (Phi) is 11.9. The maximum absolute atomic E-state index is 11.2. The molecule has 2 fully saturated rings. The second kappa shape index (κ2) is 16.0. The quantitative estimate of drug-likeness (QED) is 0.174. The molecule has 0 radical (unpaired) electrons. The predicted molar refractivity (Wildman–Crippen MR) is 188 cm³/mol. The molecule has 254 valence electrons. The molecule has 2 aliphatic rings. The van der Waals surface area contributed by atoms with E-state index in [0.717, 1.165) is 81.3 Å². The van der Waals surface area contributed by atoms with Crippen molar-refractivity contribution < 1.29 is 14.6 Å². The number of piperidine rings is 1. The Hall–Kier alpha value is -3.56. The summed E-state index contributed by atoms with van der Waals surface area (Å²) in [5, 5.41) is 12.9. The first-order valence-corrected chi connectivity index (χ1v) is 17.6. The topological polar surface area (TPSA) is 104 Å². The van der Waals surface area contributed by atoms with Gasteiger partial charge in [-0.3, -0.25) is 9.69 Å². The molecule has 0 spiro atoms. The van der Waals surface area contributed by atoms with Crippen LogP contribution in [-0.2, 0) is 11.3 Å². The van der Waals surface area contributed by atoms with Crippen molar-refractivity contribution in [2.45, 2.75) is 98.6 Å². The number of carboxylic acid groups (broad SMARTS) is 1. The summed E-state index contributed by atoms with van der Waals surface area (Å²) < 4.78 is 6.32. The van der Waals surface area contributed by atoms with Crippen LogP contribution in [0.1, 0.15) is 88.8 Å². The standard InChI is InChI=1S/C38H54N6O3/c1-6-7-8-11-38(4,5)22-32-26-44(15-12-39-32)37-40-23-33(24-41-37)47-35-20-30(25-43-13-9-29(10-14-43)21-36(45)46)19-34(42-35)31-17-27(2)16-28(3)18-31/h16-20,23-24,29,32,39H,6-15,21-22,25-26H2,1-5H3,(H,45,46). The van der Waals surface area contributed by atoms with Gasteiger partial charge in [-0.25, -0.2) is 15.0 Å². The zero-order chi connectivity index (χ0) is 33.4. The van der Waals surface area contributed by atoms with Crippen molar-refractivity contribution in [1.82, 2.24) is 25.2 Å². The smallest absolute Gasteiger partial charge is 0.303 e. The van der Waals surface area contributed by atoms with Crippen LogP contribution < -0.4 is 15.0 Å². The number of ether oxygens (including phenoxy) is 1. The minimum Gasteiger partial charge on any atom is -0.481 e. The highest BCUT2D eigenvalue weighted by atomic mass is 16.5. The van der Waals surface area contributed by atoms with Gasteiger partial charge in [-0.1, -0.05) is 57.2 Å². The van der Waals surface area contributed by atoms with Gasteiger partial charge in [-0.15, -0.1) is 0 Å². The molecule has 1 aromatic carbocycles. The molecule has 5 rings (SSSR count). The van der Waals surface area contributed by atoms with E-state index in [1.165, 1.54) is 36.8 Å². The second-order valence-electron chi connectivity index (χ2n) is 14.6. The molecule has 2 saturated heterocycles. The van der Waals surface area contributed by atoms with Crippen molar-refractivity contribution in [3.05, 3.63) is 59.4 Å². The lowest BCUT2D eigenvalue weighted by molar-refractivity contribution is -0.138. The van der Waals surface area contributed by atoms with E-state index in [2.05, 4.69) is 74.0 Å². The Morgan fingerprint density at radius 2 is 1.74 bits per heavy atom. The number of unbranched alkanes of at least 4 members (excludes halogenated alkanes) is 2. The van der Waals surface area contributed by atoms with Gasteiger partial charge in [0, 0.05) is 50.3 Å². The average Bonchev–Trinajstić information content (AvgIpc) is 3.01. The molecule has 9 nitrogen and oxygen atoms in total. The Bertz CT molecular complexity index is 1450. The molecular formula is C38H54N6O3. The van der Waals surface area contributed by atoms with Gasteiger partial charge in [-0.05, 0) is 87.7 Å². The zero-order valence-corrected chi connectivity index (χ0v) is 29.1. The normalized spacial score (nSPS) is 18.0. The maximum atomic E-state index is 11.2. The van der Waals surface area contributed by atoms with Crippen LogP contribution in [0.25, 0.3) is 11.3 Å². The number of rotatable bonds is 14. The highest BCUT2D eigenvalue weighted by molar-refractivity contribution is 5.67. The molecule has 2 aromatic heterocycles. The molecule has 9 heteroatoms. The molecule has 0 bridgehead atoms. The second-order valence-corrected chi connectivity index (χ2v) is 14.6. The highest BCUT2D eigenvalue weighted by Crippen LogP contribution is 2.32. The number of nitrogens with zero attached hydrogens (tertiary/aromatic N) is 5. The predicted octanol–water partition coefficient (Wildman–Crippen LogP) is 7.41. The van der Waals surface area contributed by atoms with Crippen LogP contribution in [0, 0.1) is 25.2 Å². The van der Waals surface area contributed by atoms with Gasteiger partial charge in [0.2, 0.25) is 11.8 Å². The van der Waals surface area contributed by atoms with Crippen molar-refractivity contribution in [3.63, 3.8) is 0 Å². The fourth-order valence-corrected chi connectivity index (χ4v) is 7.24. The number of likely N-dealkylation sites (tertiary alicyclic amines) is 1. The monoisotopic (exact) mass is 642 g/mol. The first-order chi connectivity index (χ1) is 22.5. The molecule has 0 aliphatic carbocycles. The number of aromatic nitrogens is 3. The third-order valence-electron chi connectivity index (χ3n) is 9.59. The SMILES string of the molecule is CCCCCC(C)(C)CC1CN(c2ncc(Oc3cc(CN4CCC(CC(=O)O)CC4)cc(-c4cc(C)cc(C)c4)n3)cn2)CCN1. The number of benzene rings is 1. The average molecular weight is 643 g/mol. The largest absolute Gasteiger partial charge is 0.481 e. The van der Waals surface area contributed by atoms with Crippen molar-refractivity contribution >= 4 is 11.9 Å². The third kappa shape index (κ3) is 10.5. The van der Waals surface area contributed by atoms with Gasteiger partial charge in [0.1, 0.15) is 0 Å². The van der Waals surface area contributed by atoms with E-state index in [0.29, 0.717) is 23.1 Å². The van der Waals surface area contributed by atoms with Crippen molar-refractivity contribution in [1.29, 1.82) is 0 Å². The van der Waals surface area contributed by atoms with Gasteiger partial charge >= 0.3 is 5.97 Å². The lowest BCUT2D eigenvalue weighted by Crippen LogP contribution is -2.52. The fourth-order valence-electron chi connectivity index (χ4n) is 7.24.